The summed E-state index contributed by atoms with van der Waals surface area (Å²) in [6, 6.07) is 15.8. The monoisotopic (exact) mass is 526 g/mol. The molecule has 2 fully saturated rings. The maximum Gasteiger partial charge on any atom is 0.254 e. The lowest BCUT2D eigenvalue weighted by Crippen LogP contribution is -2.56. The Kier molecular flexibility index (Phi) is 6.91. The van der Waals surface area contributed by atoms with E-state index in [-0.39, 0.29) is 30.5 Å². The van der Waals surface area contributed by atoms with E-state index in [1.807, 2.05) is 53.7 Å². The van der Waals surface area contributed by atoms with Crippen molar-refractivity contribution in [2.45, 2.75) is 38.5 Å². The van der Waals surface area contributed by atoms with Crippen molar-refractivity contribution in [1.82, 2.24) is 19.8 Å². The van der Waals surface area contributed by atoms with E-state index in [4.69, 9.17) is 0 Å². The van der Waals surface area contributed by atoms with Crippen molar-refractivity contribution in [3.8, 4) is 11.1 Å². The number of aliphatic hydroxyl groups excluding tert-OH is 1. The minimum absolute atomic E-state index is 0.00691. The van der Waals surface area contributed by atoms with E-state index in [0.717, 1.165) is 48.3 Å². The van der Waals surface area contributed by atoms with E-state index in [0.29, 0.717) is 37.7 Å². The summed E-state index contributed by atoms with van der Waals surface area (Å²) in [6.07, 6.45) is 5.00. The van der Waals surface area contributed by atoms with Crippen LogP contribution in [0, 0.1) is 0 Å². The van der Waals surface area contributed by atoms with Crippen molar-refractivity contribution >= 4 is 23.5 Å². The first-order valence-corrected chi connectivity index (χ1v) is 13.7. The first-order chi connectivity index (χ1) is 19.0. The number of hydrogen-bond donors (Lipinski definition) is 1. The number of aromatic nitrogens is 2. The Labute approximate surface area is 228 Å². The van der Waals surface area contributed by atoms with Crippen molar-refractivity contribution in [2.24, 2.45) is 0 Å². The number of fused-ring (bicyclic) bond motifs is 1. The van der Waals surface area contributed by atoms with Crippen LogP contribution in [0.25, 0.3) is 11.1 Å². The average Bonchev–Trinajstić information content (AvgIpc) is 3.28. The summed E-state index contributed by atoms with van der Waals surface area (Å²) in [4.78, 5) is 43.3. The molecule has 0 bridgehead atoms. The van der Waals surface area contributed by atoms with Crippen LogP contribution < -0.4 is 9.80 Å². The zero-order chi connectivity index (χ0) is 26.9. The number of hydrogen-bond acceptors (Lipinski definition) is 7. The molecule has 0 aliphatic carbocycles. The van der Waals surface area contributed by atoms with Gasteiger partial charge in [-0.25, -0.2) is 9.97 Å². The third kappa shape index (κ3) is 5.06. The number of benzene rings is 2. The predicted molar refractivity (Wildman–Crippen MR) is 149 cm³/mol. The number of nitrogens with zero attached hydrogens (tertiary/aromatic N) is 6. The van der Waals surface area contributed by atoms with Crippen LogP contribution in [0.2, 0.25) is 0 Å². The van der Waals surface area contributed by atoms with Crippen molar-refractivity contribution in [3.05, 3.63) is 72.1 Å². The van der Waals surface area contributed by atoms with Gasteiger partial charge in [0.1, 0.15) is 6.54 Å². The van der Waals surface area contributed by atoms with Gasteiger partial charge in [0.15, 0.2) is 0 Å². The highest BCUT2D eigenvalue weighted by Crippen LogP contribution is 2.32. The topological polar surface area (TPSA) is 93.1 Å². The fraction of sp³-hybridized carbons (Fsp3) is 0.400. The van der Waals surface area contributed by atoms with Gasteiger partial charge in [-0.05, 0) is 37.5 Å². The van der Waals surface area contributed by atoms with Gasteiger partial charge in [-0.1, -0.05) is 36.4 Å². The van der Waals surface area contributed by atoms with E-state index >= 15 is 0 Å². The first kappa shape index (κ1) is 25.3. The molecular weight excluding hydrogens is 492 g/mol. The molecule has 1 aromatic heterocycles. The smallest absolute Gasteiger partial charge is 0.254 e. The van der Waals surface area contributed by atoms with E-state index in [1.165, 1.54) is 0 Å². The van der Waals surface area contributed by atoms with E-state index in [1.54, 1.807) is 4.90 Å². The van der Waals surface area contributed by atoms with Crippen molar-refractivity contribution in [2.75, 3.05) is 49.1 Å². The molecule has 3 aromatic rings. The van der Waals surface area contributed by atoms with Gasteiger partial charge in [0, 0.05) is 80.1 Å². The van der Waals surface area contributed by atoms with Crippen LogP contribution in [0.15, 0.2) is 60.9 Å². The lowest BCUT2D eigenvalue weighted by molar-refractivity contribution is -0.134. The molecule has 1 N–H and O–H groups in total. The van der Waals surface area contributed by atoms with E-state index in [9.17, 15) is 14.7 Å². The molecule has 9 heteroatoms. The quantitative estimate of drug-likeness (QED) is 0.547. The number of piperazine rings is 1. The van der Waals surface area contributed by atoms with Gasteiger partial charge in [-0.3, -0.25) is 9.59 Å². The van der Waals surface area contributed by atoms with Crippen LogP contribution in [0.4, 0.5) is 11.6 Å². The van der Waals surface area contributed by atoms with Gasteiger partial charge in [-0.2, -0.15) is 0 Å². The van der Waals surface area contributed by atoms with Crippen molar-refractivity contribution in [3.63, 3.8) is 0 Å². The normalized spacial score (nSPS) is 19.9. The zero-order valence-corrected chi connectivity index (χ0v) is 22.2. The Balaban J connectivity index is 1.11. The Morgan fingerprint density at radius 3 is 2.33 bits per heavy atom. The molecule has 1 unspecified atom stereocenters. The fourth-order valence-corrected chi connectivity index (χ4v) is 5.93. The molecule has 0 radical (unpaired) electrons. The molecule has 2 aromatic carbocycles. The number of amides is 2. The lowest BCUT2D eigenvalue weighted by atomic mass is 10.0. The number of para-hydroxylation sites is 1. The highest BCUT2D eigenvalue weighted by Gasteiger charge is 2.33. The third-order valence-electron chi connectivity index (χ3n) is 8.11. The van der Waals surface area contributed by atoms with Crippen LogP contribution in [0.1, 0.15) is 35.7 Å². The molecule has 39 heavy (non-hydrogen) atoms. The summed E-state index contributed by atoms with van der Waals surface area (Å²) in [6.45, 7) is 6.19. The highest BCUT2D eigenvalue weighted by atomic mass is 16.3. The van der Waals surface area contributed by atoms with Crippen LogP contribution >= 0.6 is 0 Å². The molecule has 2 saturated heterocycles. The van der Waals surface area contributed by atoms with E-state index in [2.05, 4.69) is 38.8 Å². The Morgan fingerprint density at radius 1 is 0.923 bits per heavy atom. The molecule has 2 amide bonds. The SMILES string of the molecule is CC1CN(c2ccccc2-c2cnc(N3CCC(O)CC3)nc2)CCN1C(=O)CN1Cc2ccccc2C1=O. The Morgan fingerprint density at radius 2 is 1.62 bits per heavy atom. The highest BCUT2D eigenvalue weighted by molar-refractivity contribution is 6.00. The van der Waals surface area contributed by atoms with Crippen LogP contribution in [-0.2, 0) is 11.3 Å². The van der Waals surface area contributed by atoms with Gasteiger partial charge >= 0.3 is 0 Å². The second-order valence-electron chi connectivity index (χ2n) is 10.7. The van der Waals surface area contributed by atoms with Crippen molar-refractivity contribution < 1.29 is 14.7 Å². The number of carbonyl (C=O) groups is 2. The van der Waals surface area contributed by atoms with Crippen molar-refractivity contribution in [1.29, 1.82) is 0 Å². The average molecular weight is 527 g/mol. The zero-order valence-electron chi connectivity index (χ0n) is 22.2. The van der Waals surface area contributed by atoms with Crippen LogP contribution in [0.3, 0.4) is 0 Å². The van der Waals surface area contributed by atoms with Gasteiger partial charge < -0.3 is 24.7 Å². The molecule has 1 atom stereocenters. The number of piperidine rings is 1. The summed E-state index contributed by atoms with van der Waals surface area (Å²) < 4.78 is 0. The maximum atomic E-state index is 13.3. The number of anilines is 2. The summed E-state index contributed by atoms with van der Waals surface area (Å²) in [5.41, 5.74) is 4.79. The van der Waals surface area contributed by atoms with Gasteiger partial charge in [0.2, 0.25) is 11.9 Å². The summed E-state index contributed by atoms with van der Waals surface area (Å²) in [7, 11) is 0. The molecule has 3 aliphatic rings. The third-order valence-corrected chi connectivity index (χ3v) is 8.11. The molecular formula is C30H34N6O3. The Bertz CT molecular complexity index is 1350. The standard InChI is InChI=1S/C30H34N6O3/c1-21-18-34(14-15-36(21)28(38)20-35-19-22-6-2-3-8-26(22)29(35)39)27-9-5-4-7-25(27)23-16-31-30(32-17-23)33-12-10-24(37)11-13-33/h2-9,16-17,21,24,37H,10-15,18-20H2,1H3. The predicted octanol–water partition coefficient (Wildman–Crippen LogP) is 2.80. The second kappa shape index (κ2) is 10.6. The second-order valence-corrected chi connectivity index (χ2v) is 10.7. The largest absolute Gasteiger partial charge is 0.393 e. The maximum absolute atomic E-state index is 13.3. The summed E-state index contributed by atoms with van der Waals surface area (Å²) in [5, 5.41) is 9.78. The summed E-state index contributed by atoms with van der Waals surface area (Å²) >= 11 is 0. The number of rotatable bonds is 5. The summed E-state index contributed by atoms with van der Waals surface area (Å²) in [5.74, 6) is 0.625. The molecule has 3 aliphatic heterocycles. The molecule has 0 saturated carbocycles. The van der Waals surface area contributed by atoms with E-state index < -0.39 is 0 Å². The molecule has 202 valence electrons. The van der Waals surface area contributed by atoms with Gasteiger partial charge in [0.25, 0.3) is 5.91 Å². The van der Waals surface area contributed by atoms with Crippen LogP contribution in [-0.4, -0.2) is 88.1 Å². The molecule has 6 rings (SSSR count). The fourth-order valence-electron chi connectivity index (χ4n) is 5.93. The van der Waals surface area contributed by atoms with Gasteiger partial charge in [0.05, 0.1) is 6.10 Å². The minimum atomic E-state index is -0.231. The lowest BCUT2D eigenvalue weighted by Gasteiger charge is -2.42. The minimum Gasteiger partial charge on any atom is -0.393 e. The molecule has 4 heterocycles. The first-order valence-electron chi connectivity index (χ1n) is 13.7. The number of aliphatic hydroxyl groups is 1. The van der Waals surface area contributed by atoms with Crippen LogP contribution in [0.5, 0.6) is 0 Å². The Hall–Kier alpha value is -3.98. The molecule has 9 nitrogen and oxygen atoms in total. The number of carbonyl (C=O) groups excluding carboxylic acids is 2. The van der Waals surface area contributed by atoms with Gasteiger partial charge in [-0.15, -0.1) is 0 Å². The molecule has 0 spiro atoms.